The van der Waals surface area contributed by atoms with Gasteiger partial charge in [-0.1, -0.05) is 20.8 Å². The standard InChI is InChI=1S/C12H26N2O/c1-4-14(12-5-6-13-9-12)7-8-15-10-11(2)3/h11-13H,4-10H2,1-3H3. The van der Waals surface area contributed by atoms with Crippen LogP contribution in [0.15, 0.2) is 0 Å². The third-order valence-corrected chi connectivity index (χ3v) is 2.93. The van der Waals surface area contributed by atoms with Gasteiger partial charge in [-0.15, -0.1) is 0 Å². The molecule has 0 amide bonds. The molecular weight excluding hydrogens is 188 g/mol. The first-order valence-corrected chi connectivity index (χ1v) is 6.26. The highest BCUT2D eigenvalue weighted by atomic mass is 16.5. The monoisotopic (exact) mass is 214 g/mol. The number of ether oxygens (including phenoxy) is 1. The van der Waals surface area contributed by atoms with E-state index in [0.717, 1.165) is 38.9 Å². The molecule has 3 nitrogen and oxygen atoms in total. The summed E-state index contributed by atoms with van der Waals surface area (Å²) >= 11 is 0. The van der Waals surface area contributed by atoms with Crippen molar-refractivity contribution in [2.45, 2.75) is 33.2 Å². The van der Waals surface area contributed by atoms with Gasteiger partial charge in [0.1, 0.15) is 0 Å². The molecular formula is C12H26N2O. The zero-order chi connectivity index (χ0) is 11.1. The lowest BCUT2D eigenvalue weighted by molar-refractivity contribution is 0.0764. The summed E-state index contributed by atoms with van der Waals surface area (Å²) in [7, 11) is 0. The number of hydrogen-bond acceptors (Lipinski definition) is 3. The molecule has 3 heteroatoms. The molecule has 1 aliphatic heterocycles. The Bertz CT molecular complexity index is 156. The minimum atomic E-state index is 0.647. The summed E-state index contributed by atoms with van der Waals surface area (Å²) in [5, 5.41) is 3.41. The summed E-state index contributed by atoms with van der Waals surface area (Å²) in [5.41, 5.74) is 0. The molecule has 1 heterocycles. The zero-order valence-corrected chi connectivity index (χ0v) is 10.5. The molecule has 1 atom stereocenters. The van der Waals surface area contributed by atoms with Crippen molar-refractivity contribution in [2.24, 2.45) is 5.92 Å². The van der Waals surface area contributed by atoms with Crippen LogP contribution in [-0.4, -0.2) is 50.3 Å². The number of hydrogen-bond donors (Lipinski definition) is 1. The van der Waals surface area contributed by atoms with Crippen LogP contribution in [0.25, 0.3) is 0 Å². The van der Waals surface area contributed by atoms with Gasteiger partial charge in [-0.25, -0.2) is 0 Å². The van der Waals surface area contributed by atoms with E-state index < -0.39 is 0 Å². The number of nitrogens with zero attached hydrogens (tertiary/aromatic N) is 1. The molecule has 0 radical (unpaired) electrons. The minimum absolute atomic E-state index is 0.647. The Hall–Kier alpha value is -0.120. The second-order valence-corrected chi connectivity index (χ2v) is 4.74. The van der Waals surface area contributed by atoms with Crippen LogP contribution in [0.2, 0.25) is 0 Å². The normalized spacial score (nSPS) is 21.8. The molecule has 1 aliphatic rings. The molecule has 0 aromatic carbocycles. The number of likely N-dealkylation sites (N-methyl/N-ethyl adjacent to an activating group) is 1. The van der Waals surface area contributed by atoms with Gasteiger partial charge < -0.3 is 10.1 Å². The molecule has 0 aromatic heterocycles. The van der Waals surface area contributed by atoms with Crippen molar-refractivity contribution in [1.29, 1.82) is 0 Å². The average molecular weight is 214 g/mol. The van der Waals surface area contributed by atoms with Gasteiger partial charge in [-0.2, -0.15) is 0 Å². The molecule has 0 aliphatic carbocycles. The van der Waals surface area contributed by atoms with Gasteiger partial charge in [0.15, 0.2) is 0 Å². The molecule has 1 fully saturated rings. The smallest absolute Gasteiger partial charge is 0.0593 e. The summed E-state index contributed by atoms with van der Waals surface area (Å²) in [5.74, 6) is 0.647. The lowest BCUT2D eigenvalue weighted by atomic mass is 10.2. The van der Waals surface area contributed by atoms with Crippen molar-refractivity contribution < 1.29 is 4.74 Å². The molecule has 0 spiro atoms. The van der Waals surface area contributed by atoms with E-state index in [0.29, 0.717) is 5.92 Å². The van der Waals surface area contributed by atoms with E-state index in [1.54, 1.807) is 0 Å². The highest BCUT2D eigenvalue weighted by Gasteiger charge is 2.20. The van der Waals surface area contributed by atoms with Crippen molar-refractivity contribution in [3.8, 4) is 0 Å². The molecule has 1 saturated heterocycles. The Kier molecular flexibility index (Phi) is 6.22. The topological polar surface area (TPSA) is 24.5 Å². The highest BCUT2D eigenvalue weighted by molar-refractivity contribution is 4.79. The van der Waals surface area contributed by atoms with Crippen LogP contribution in [0, 0.1) is 5.92 Å². The maximum atomic E-state index is 5.62. The molecule has 0 saturated carbocycles. The van der Waals surface area contributed by atoms with Crippen LogP contribution in [0.5, 0.6) is 0 Å². The molecule has 0 bridgehead atoms. The van der Waals surface area contributed by atoms with E-state index in [-0.39, 0.29) is 0 Å². The van der Waals surface area contributed by atoms with Crippen molar-refractivity contribution in [3.05, 3.63) is 0 Å². The predicted octanol–water partition coefficient (Wildman–Crippen LogP) is 1.34. The largest absolute Gasteiger partial charge is 0.380 e. The first-order valence-electron chi connectivity index (χ1n) is 6.26. The molecule has 1 unspecified atom stereocenters. The lowest BCUT2D eigenvalue weighted by Gasteiger charge is -2.26. The van der Waals surface area contributed by atoms with E-state index in [1.807, 2.05) is 0 Å². The van der Waals surface area contributed by atoms with Gasteiger partial charge in [0, 0.05) is 25.7 Å². The van der Waals surface area contributed by atoms with E-state index in [9.17, 15) is 0 Å². The molecule has 1 N–H and O–H groups in total. The van der Waals surface area contributed by atoms with Crippen molar-refractivity contribution in [2.75, 3.05) is 39.4 Å². The van der Waals surface area contributed by atoms with Crippen LogP contribution in [-0.2, 0) is 4.74 Å². The molecule has 1 rings (SSSR count). The first kappa shape index (κ1) is 12.9. The average Bonchev–Trinajstić information content (AvgIpc) is 2.70. The SMILES string of the molecule is CCN(CCOCC(C)C)C1CCNC1. The van der Waals surface area contributed by atoms with E-state index in [1.165, 1.54) is 13.0 Å². The van der Waals surface area contributed by atoms with Gasteiger partial charge in [0.05, 0.1) is 6.61 Å². The molecule has 90 valence electrons. The van der Waals surface area contributed by atoms with Gasteiger partial charge in [-0.3, -0.25) is 4.90 Å². The zero-order valence-electron chi connectivity index (χ0n) is 10.5. The fourth-order valence-electron chi connectivity index (χ4n) is 2.05. The van der Waals surface area contributed by atoms with Gasteiger partial charge >= 0.3 is 0 Å². The van der Waals surface area contributed by atoms with E-state index in [2.05, 4.69) is 31.0 Å². The summed E-state index contributed by atoms with van der Waals surface area (Å²) < 4.78 is 5.62. The van der Waals surface area contributed by atoms with Crippen molar-refractivity contribution >= 4 is 0 Å². The van der Waals surface area contributed by atoms with Crippen molar-refractivity contribution in [3.63, 3.8) is 0 Å². The Morgan fingerprint density at radius 3 is 2.80 bits per heavy atom. The third kappa shape index (κ3) is 4.96. The minimum Gasteiger partial charge on any atom is -0.380 e. The maximum Gasteiger partial charge on any atom is 0.0593 e. The Morgan fingerprint density at radius 1 is 1.47 bits per heavy atom. The van der Waals surface area contributed by atoms with Crippen LogP contribution < -0.4 is 5.32 Å². The highest BCUT2D eigenvalue weighted by Crippen LogP contribution is 2.07. The second kappa shape index (κ2) is 7.20. The van der Waals surface area contributed by atoms with Crippen LogP contribution in [0.4, 0.5) is 0 Å². The predicted molar refractivity (Wildman–Crippen MR) is 64.2 cm³/mol. The number of rotatable bonds is 7. The van der Waals surface area contributed by atoms with E-state index in [4.69, 9.17) is 4.74 Å². The van der Waals surface area contributed by atoms with Gasteiger partial charge in [-0.05, 0) is 25.4 Å². The summed E-state index contributed by atoms with van der Waals surface area (Å²) in [6.07, 6.45) is 1.29. The van der Waals surface area contributed by atoms with Crippen LogP contribution in [0.3, 0.4) is 0 Å². The fraction of sp³-hybridized carbons (Fsp3) is 1.00. The molecule has 0 aromatic rings. The lowest BCUT2D eigenvalue weighted by Crippen LogP contribution is -2.39. The Balaban J connectivity index is 2.10. The third-order valence-electron chi connectivity index (χ3n) is 2.93. The van der Waals surface area contributed by atoms with Crippen LogP contribution in [0.1, 0.15) is 27.2 Å². The van der Waals surface area contributed by atoms with Gasteiger partial charge in [0.2, 0.25) is 0 Å². The van der Waals surface area contributed by atoms with Crippen LogP contribution >= 0.6 is 0 Å². The summed E-state index contributed by atoms with van der Waals surface area (Å²) in [4.78, 5) is 2.53. The number of nitrogens with one attached hydrogen (secondary N) is 1. The second-order valence-electron chi connectivity index (χ2n) is 4.74. The Labute approximate surface area is 94.2 Å². The van der Waals surface area contributed by atoms with Gasteiger partial charge in [0.25, 0.3) is 0 Å². The summed E-state index contributed by atoms with van der Waals surface area (Å²) in [6, 6.07) is 0.734. The van der Waals surface area contributed by atoms with E-state index >= 15 is 0 Å². The quantitative estimate of drug-likeness (QED) is 0.647. The maximum absolute atomic E-state index is 5.62. The van der Waals surface area contributed by atoms with Crippen molar-refractivity contribution in [1.82, 2.24) is 10.2 Å². The Morgan fingerprint density at radius 2 is 2.27 bits per heavy atom. The molecule has 15 heavy (non-hydrogen) atoms. The fourth-order valence-corrected chi connectivity index (χ4v) is 2.05. The summed E-state index contributed by atoms with van der Waals surface area (Å²) in [6.45, 7) is 12.9. The first-order chi connectivity index (χ1) is 7.24.